The van der Waals surface area contributed by atoms with E-state index in [1.165, 1.54) is 23.0 Å². The van der Waals surface area contributed by atoms with Crippen molar-refractivity contribution >= 4 is 17.6 Å². The van der Waals surface area contributed by atoms with E-state index in [0.29, 0.717) is 11.3 Å². The number of hydrogen-bond acceptors (Lipinski definition) is 3. The normalized spacial score (nSPS) is 10.4. The summed E-state index contributed by atoms with van der Waals surface area (Å²) < 4.78 is 14.7. The number of carboxylic acid groups (broad SMARTS) is 1. The summed E-state index contributed by atoms with van der Waals surface area (Å²) in [6.07, 6.45) is 1.60. The van der Waals surface area contributed by atoms with Crippen molar-refractivity contribution < 1.29 is 19.1 Å². The number of hydrogen-bond donors (Lipinski definition) is 2. The first-order valence-electron chi connectivity index (χ1n) is 6.28. The Hall–Kier alpha value is -2.70. The minimum Gasteiger partial charge on any atom is -0.476 e. The number of aromatic nitrogens is 2. The van der Waals surface area contributed by atoms with Crippen molar-refractivity contribution in [3.8, 4) is 0 Å². The fraction of sp³-hybridized carbons (Fsp3) is 0.214. The van der Waals surface area contributed by atoms with Crippen LogP contribution < -0.4 is 5.32 Å². The van der Waals surface area contributed by atoms with E-state index in [1.807, 2.05) is 0 Å². The van der Waals surface area contributed by atoms with Gasteiger partial charge < -0.3 is 10.4 Å². The molecule has 6 nitrogen and oxygen atoms in total. The molecule has 0 radical (unpaired) electrons. The number of nitrogens with zero attached hydrogens (tertiary/aromatic N) is 2. The average molecular weight is 291 g/mol. The first-order chi connectivity index (χ1) is 9.95. The Morgan fingerprint density at radius 2 is 2.14 bits per heavy atom. The summed E-state index contributed by atoms with van der Waals surface area (Å²) in [5.74, 6) is -1.80. The van der Waals surface area contributed by atoms with Crippen molar-refractivity contribution in [2.45, 2.75) is 19.9 Å². The van der Waals surface area contributed by atoms with Crippen molar-refractivity contribution in [2.75, 3.05) is 5.32 Å². The largest absolute Gasteiger partial charge is 0.476 e. The van der Waals surface area contributed by atoms with Crippen molar-refractivity contribution in [2.24, 2.45) is 0 Å². The van der Waals surface area contributed by atoms with Crippen molar-refractivity contribution in [1.82, 2.24) is 9.78 Å². The fourth-order valence-corrected chi connectivity index (χ4v) is 1.71. The van der Waals surface area contributed by atoms with Gasteiger partial charge in [-0.05, 0) is 30.7 Å². The first kappa shape index (κ1) is 14.7. The van der Waals surface area contributed by atoms with Crippen LogP contribution in [0.5, 0.6) is 0 Å². The Labute approximate surface area is 120 Å². The Balaban J connectivity index is 1.89. The highest BCUT2D eigenvalue weighted by Gasteiger charge is 2.08. The molecular formula is C14H14FN3O3. The van der Waals surface area contributed by atoms with Gasteiger partial charge in [0.2, 0.25) is 5.91 Å². The molecule has 0 unspecified atom stereocenters. The molecule has 2 aromatic rings. The molecule has 0 spiro atoms. The summed E-state index contributed by atoms with van der Waals surface area (Å²) in [7, 11) is 0. The van der Waals surface area contributed by atoms with Gasteiger partial charge in [-0.3, -0.25) is 9.48 Å². The Kier molecular flexibility index (Phi) is 4.32. The number of carbonyl (C=O) groups excluding carboxylic acids is 1. The fourth-order valence-electron chi connectivity index (χ4n) is 1.71. The molecule has 1 amide bonds. The van der Waals surface area contributed by atoms with Crippen molar-refractivity contribution in [3.63, 3.8) is 0 Å². The average Bonchev–Trinajstić information content (AvgIpc) is 2.90. The van der Waals surface area contributed by atoms with Gasteiger partial charge in [0.15, 0.2) is 5.69 Å². The standard InChI is InChI=1S/C14H14FN3O3/c1-9-2-3-10(8-11(9)15)16-13(19)5-7-18-6-4-12(17-18)14(20)21/h2-4,6,8H,5,7H2,1H3,(H,16,19)(H,20,21). The molecule has 2 rings (SSSR count). The minimum atomic E-state index is -1.12. The number of anilines is 1. The number of nitrogens with one attached hydrogen (secondary N) is 1. The van der Waals surface area contributed by atoms with Crippen LogP contribution in [0.15, 0.2) is 30.5 Å². The number of aryl methyl sites for hydroxylation is 2. The Morgan fingerprint density at radius 3 is 2.76 bits per heavy atom. The smallest absolute Gasteiger partial charge is 0.356 e. The molecule has 110 valence electrons. The molecule has 0 atom stereocenters. The number of rotatable bonds is 5. The first-order valence-corrected chi connectivity index (χ1v) is 6.28. The molecule has 2 N–H and O–H groups in total. The van der Waals surface area contributed by atoms with Crippen LogP contribution >= 0.6 is 0 Å². The van der Waals surface area contributed by atoms with E-state index in [-0.39, 0.29) is 30.4 Å². The molecule has 1 aromatic carbocycles. The van der Waals surface area contributed by atoms with Crippen LogP contribution in [0.2, 0.25) is 0 Å². The highest BCUT2D eigenvalue weighted by atomic mass is 19.1. The molecule has 0 saturated heterocycles. The van der Waals surface area contributed by atoms with E-state index in [0.717, 1.165) is 0 Å². The van der Waals surface area contributed by atoms with Gasteiger partial charge in [-0.15, -0.1) is 0 Å². The summed E-state index contributed by atoms with van der Waals surface area (Å²) in [6, 6.07) is 5.81. The molecule has 21 heavy (non-hydrogen) atoms. The molecule has 0 bridgehead atoms. The van der Waals surface area contributed by atoms with Gasteiger partial charge in [-0.1, -0.05) is 6.07 Å². The molecule has 0 aliphatic carbocycles. The lowest BCUT2D eigenvalue weighted by atomic mass is 10.2. The third-order valence-corrected chi connectivity index (χ3v) is 2.88. The lowest BCUT2D eigenvalue weighted by molar-refractivity contribution is -0.116. The second kappa shape index (κ2) is 6.17. The second-order valence-corrected chi connectivity index (χ2v) is 4.53. The summed E-state index contributed by atoms with van der Waals surface area (Å²) in [6.45, 7) is 1.88. The SMILES string of the molecule is Cc1ccc(NC(=O)CCn2ccc(C(=O)O)n2)cc1F. The van der Waals surface area contributed by atoms with Gasteiger partial charge in [0, 0.05) is 24.8 Å². The predicted molar refractivity (Wildman–Crippen MR) is 73.6 cm³/mol. The van der Waals surface area contributed by atoms with Crippen LogP contribution in [0.3, 0.4) is 0 Å². The van der Waals surface area contributed by atoms with E-state index < -0.39 is 5.97 Å². The van der Waals surface area contributed by atoms with Gasteiger partial charge in [-0.25, -0.2) is 9.18 Å². The molecule has 1 heterocycles. The molecule has 7 heteroatoms. The quantitative estimate of drug-likeness (QED) is 0.883. The molecule has 1 aromatic heterocycles. The van der Waals surface area contributed by atoms with Crippen LogP contribution in [0, 0.1) is 12.7 Å². The van der Waals surface area contributed by atoms with Crippen LogP contribution in [0.25, 0.3) is 0 Å². The van der Waals surface area contributed by atoms with E-state index in [9.17, 15) is 14.0 Å². The molecule has 0 saturated carbocycles. The minimum absolute atomic E-state index is 0.0731. The molecule has 0 aliphatic rings. The summed E-state index contributed by atoms with van der Waals surface area (Å²) in [5, 5.41) is 15.1. The topological polar surface area (TPSA) is 84.2 Å². The zero-order chi connectivity index (χ0) is 15.4. The van der Waals surface area contributed by atoms with Gasteiger partial charge in [0.1, 0.15) is 5.82 Å². The van der Waals surface area contributed by atoms with Crippen molar-refractivity contribution in [1.29, 1.82) is 0 Å². The maximum absolute atomic E-state index is 13.3. The van der Waals surface area contributed by atoms with E-state index in [4.69, 9.17) is 5.11 Å². The molecule has 0 fully saturated rings. The van der Waals surface area contributed by atoms with Gasteiger partial charge >= 0.3 is 5.97 Å². The number of halogens is 1. The molecule has 0 aliphatic heterocycles. The summed E-state index contributed by atoms with van der Waals surface area (Å²) >= 11 is 0. The van der Waals surface area contributed by atoms with Crippen molar-refractivity contribution in [3.05, 3.63) is 47.5 Å². The summed E-state index contributed by atoms with van der Waals surface area (Å²) in [5.41, 5.74) is 0.816. The highest BCUT2D eigenvalue weighted by Crippen LogP contribution is 2.13. The lowest BCUT2D eigenvalue weighted by Gasteiger charge is -2.06. The number of amides is 1. The third-order valence-electron chi connectivity index (χ3n) is 2.88. The highest BCUT2D eigenvalue weighted by molar-refractivity contribution is 5.90. The van der Waals surface area contributed by atoms with Crippen LogP contribution in [0.4, 0.5) is 10.1 Å². The zero-order valence-electron chi connectivity index (χ0n) is 11.3. The maximum atomic E-state index is 13.3. The third kappa shape index (κ3) is 3.88. The lowest BCUT2D eigenvalue weighted by Crippen LogP contribution is -2.15. The van der Waals surface area contributed by atoms with E-state index in [2.05, 4.69) is 10.4 Å². The number of aromatic carboxylic acids is 1. The molecular weight excluding hydrogens is 277 g/mol. The van der Waals surface area contributed by atoms with Crippen LogP contribution in [-0.4, -0.2) is 26.8 Å². The van der Waals surface area contributed by atoms with Crippen LogP contribution in [-0.2, 0) is 11.3 Å². The van der Waals surface area contributed by atoms with Gasteiger partial charge in [0.25, 0.3) is 0 Å². The monoisotopic (exact) mass is 291 g/mol. The predicted octanol–water partition coefficient (Wildman–Crippen LogP) is 2.06. The van der Waals surface area contributed by atoms with Gasteiger partial charge in [0.05, 0.1) is 0 Å². The Bertz CT molecular complexity index is 682. The van der Waals surface area contributed by atoms with Crippen LogP contribution in [0.1, 0.15) is 22.5 Å². The number of carbonyl (C=O) groups is 2. The zero-order valence-corrected chi connectivity index (χ0v) is 11.3. The number of carboxylic acids is 1. The Morgan fingerprint density at radius 1 is 1.38 bits per heavy atom. The number of benzene rings is 1. The van der Waals surface area contributed by atoms with E-state index >= 15 is 0 Å². The summed E-state index contributed by atoms with van der Waals surface area (Å²) in [4.78, 5) is 22.4. The van der Waals surface area contributed by atoms with Gasteiger partial charge in [-0.2, -0.15) is 5.10 Å². The maximum Gasteiger partial charge on any atom is 0.356 e. The van der Waals surface area contributed by atoms with E-state index in [1.54, 1.807) is 19.1 Å². The second-order valence-electron chi connectivity index (χ2n) is 4.53.